The molecule has 1 aromatic rings. The van der Waals surface area contributed by atoms with E-state index in [4.69, 9.17) is 11.2 Å². The van der Waals surface area contributed by atoms with Gasteiger partial charge in [-0.05, 0) is 37.9 Å². The molecule has 24 heavy (non-hydrogen) atoms. The average Bonchev–Trinajstić information content (AvgIpc) is 2.59. The van der Waals surface area contributed by atoms with Crippen LogP contribution in [0.25, 0.3) is 0 Å². The van der Waals surface area contributed by atoms with Crippen molar-refractivity contribution in [2.24, 2.45) is 0 Å². The highest BCUT2D eigenvalue weighted by Gasteiger charge is 2.34. The molecule has 1 saturated heterocycles. The molecule has 6 heteroatoms. The average molecular weight is 331 g/mol. The Hall–Kier alpha value is -1.94. The van der Waals surface area contributed by atoms with Gasteiger partial charge in [0.25, 0.3) is 5.91 Å². The van der Waals surface area contributed by atoms with Crippen molar-refractivity contribution in [1.82, 2.24) is 15.2 Å². The summed E-state index contributed by atoms with van der Waals surface area (Å²) in [5.41, 5.74) is 1.16. The third-order valence-electron chi connectivity index (χ3n) is 4.10. The largest absolute Gasteiger partial charge is 0.390 e. The van der Waals surface area contributed by atoms with Gasteiger partial charge in [0, 0.05) is 25.5 Å². The first-order valence-electron chi connectivity index (χ1n) is 8.22. The van der Waals surface area contributed by atoms with Crippen LogP contribution in [0.15, 0.2) is 24.5 Å². The summed E-state index contributed by atoms with van der Waals surface area (Å²) in [5.74, 6) is 2.01. The Balaban J connectivity index is 1.78. The lowest BCUT2D eigenvalue weighted by Crippen LogP contribution is -2.49. The smallest absolute Gasteiger partial charge is 0.252 e. The second-order valence-corrected chi connectivity index (χ2v) is 6.13. The van der Waals surface area contributed by atoms with Crippen molar-refractivity contribution in [1.29, 1.82) is 0 Å². The number of aliphatic hydroxyl groups is 1. The molecule has 2 heterocycles. The molecule has 0 unspecified atom stereocenters. The van der Waals surface area contributed by atoms with Crippen molar-refractivity contribution in [2.45, 2.75) is 44.1 Å². The first kappa shape index (κ1) is 18.4. The molecule has 0 aromatic carbocycles. The van der Waals surface area contributed by atoms with E-state index in [-0.39, 0.29) is 18.6 Å². The lowest BCUT2D eigenvalue weighted by molar-refractivity contribution is -0.158. The molecule has 1 amide bonds. The lowest BCUT2D eigenvalue weighted by Gasteiger charge is -2.33. The summed E-state index contributed by atoms with van der Waals surface area (Å²) in [6.07, 6.45) is 9.23. The fourth-order valence-electron chi connectivity index (χ4n) is 2.81. The first-order valence-corrected chi connectivity index (χ1v) is 8.22. The van der Waals surface area contributed by atoms with Gasteiger partial charge in [-0.15, -0.1) is 6.42 Å². The van der Waals surface area contributed by atoms with E-state index in [0.717, 1.165) is 31.5 Å². The molecule has 6 nitrogen and oxygen atoms in total. The monoisotopic (exact) mass is 331 g/mol. The van der Waals surface area contributed by atoms with Crippen molar-refractivity contribution in [2.75, 3.05) is 20.1 Å². The summed E-state index contributed by atoms with van der Waals surface area (Å²) in [6, 6.07) is 3.97. The number of nitrogens with zero attached hydrogens (tertiary/aromatic N) is 2. The zero-order valence-corrected chi connectivity index (χ0v) is 14.0. The van der Waals surface area contributed by atoms with Gasteiger partial charge >= 0.3 is 0 Å². The van der Waals surface area contributed by atoms with E-state index in [1.807, 2.05) is 25.4 Å². The minimum atomic E-state index is -0.833. The van der Waals surface area contributed by atoms with Gasteiger partial charge in [-0.2, -0.15) is 0 Å². The lowest BCUT2D eigenvalue weighted by atomic mass is 9.98. The zero-order chi connectivity index (χ0) is 17.4. The number of rotatable bonds is 7. The van der Waals surface area contributed by atoms with Crippen LogP contribution in [0, 0.1) is 12.3 Å². The van der Waals surface area contributed by atoms with Crippen LogP contribution in [0.5, 0.6) is 0 Å². The second-order valence-electron chi connectivity index (χ2n) is 6.13. The van der Waals surface area contributed by atoms with Crippen molar-refractivity contribution >= 4 is 5.91 Å². The number of terminal acetylenes is 1. The number of carbonyl (C=O) groups excluding carboxylic acids is 1. The number of aromatic nitrogens is 1. The number of pyridine rings is 1. The fourth-order valence-corrected chi connectivity index (χ4v) is 2.81. The Morgan fingerprint density at radius 3 is 3.12 bits per heavy atom. The number of hydrogen-bond donors (Lipinski definition) is 2. The topological polar surface area (TPSA) is 74.7 Å². The van der Waals surface area contributed by atoms with E-state index in [1.165, 1.54) is 0 Å². The van der Waals surface area contributed by atoms with Crippen molar-refractivity contribution < 1.29 is 14.6 Å². The molecule has 1 aliphatic rings. The summed E-state index contributed by atoms with van der Waals surface area (Å²) in [7, 11) is 2.04. The minimum Gasteiger partial charge on any atom is -0.390 e. The molecule has 1 aromatic heterocycles. The van der Waals surface area contributed by atoms with E-state index in [1.54, 1.807) is 6.20 Å². The van der Waals surface area contributed by atoms with Gasteiger partial charge < -0.3 is 20.1 Å². The van der Waals surface area contributed by atoms with Crippen molar-refractivity contribution in [3.05, 3.63) is 30.1 Å². The third-order valence-corrected chi connectivity index (χ3v) is 4.10. The van der Waals surface area contributed by atoms with Crippen LogP contribution in [0.4, 0.5) is 0 Å². The van der Waals surface area contributed by atoms with Crippen LogP contribution < -0.4 is 5.32 Å². The normalized spacial score (nSPS) is 23.7. The molecule has 1 aliphatic heterocycles. The fraction of sp³-hybridized carbons (Fsp3) is 0.556. The van der Waals surface area contributed by atoms with Crippen LogP contribution in [-0.2, 0) is 16.1 Å². The highest BCUT2D eigenvalue weighted by atomic mass is 16.5. The predicted molar refractivity (Wildman–Crippen MR) is 90.9 cm³/mol. The van der Waals surface area contributed by atoms with Crippen LogP contribution in [0.3, 0.4) is 0 Å². The Morgan fingerprint density at radius 1 is 1.58 bits per heavy atom. The molecule has 2 rings (SSSR count). The maximum atomic E-state index is 12.0. The van der Waals surface area contributed by atoms with E-state index in [2.05, 4.69) is 21.1 Å². The first-order chi connectivity index (χ1) is 11.6. The SMILES string of the molecule is C#CCNC(=O)[C@H]1O[C@H](CCN(C)Cc2cccnc2)CC[C@@H]1O. The van der Waals surface area contributed by atoms with Gasteiger partial charge in [-0.25, -0.2) is 0 Å². The molecule has 0 spiro atoms. The molecular formula is C18H25N3O3. The molecule has 0 saturated carbocycles. The molecule has 130 valence electrons. The third kappa shape index (κ3) is 5.60. The number of amides is 1. The van der Waals surface area contributed by atoms with Crippen LogP contribution in [-0.4, -0.2) is 59.3 Å². The number of ether oxygens (including phenoxy) is 1. The number of hydrogen-bond acceptors (Lipinski definition) is 5. The number of nitrogens with one attached hydrogen (secondary N) is 1. The van der Waals surface area contributed by atoms with Gasteiger partial charge in [0.15, 0.2) is 6.10 Å². The predicted octanol–water partition coefficient (Wildman–Crippen LogP) is 0.561. The molecule has 2 N–H and O–H groups in total. The Kier molecular flexibility index (Phi) is 7.19. The highest BCUT2D eigenvalue weighted by molar-refractivity contribution is 5.81. The van der Waals surface area contributed by atoms with E-state index in [0.29, 0.717) is 6.42 Å². The van der Waals surface area contributed by atoms with Gasteiger partial charge in [-0.3, -0.25) is 9.78 Å². The van der Waals surface area contributed by atoms with Crippen LogP contribution >= 0.6 is 0 Å². The molecule has 0 radical (unpaired) electrons. The Labute approximate surface area is 143 Å². The van der Waals surface area contributed by atoms with E-state index >= 15 is 0 Å². The minimum absolute atomic E-state index is 0.0358. The van der Waals surface area contributed by atoms with E-state index in [9.17, 15) is 9.90 Å². The summed E-state index contributed by atoms with van der Waals surface area (Å²) in [6.45, 7) is 1.80. The highest BCUT2D eigenvalue weighted by Crippen LogP contribution is 2.22. The molecule has 3 atom stereocenters. The standard InChI is InChI=1S/C18H25N3O3/c1-3-9-20-18(23)17-16(22)7-6-15(24-17)8-11-21(2)13-14-5-4-10-19-12-14/h1,4-5,10,12,15-17,22H,6-9,11,13H2,2H3,(H,20,23)/t15-,16-,17-/m0/s1. The van der Waals surface area contributed by atoms with Gasteiger partial charge in [0.2, 0.25) is 0 Å². The maximum Gasteiger partial charge on any atom is 0.252 e. The van der Waals surface area contributed by atoms with E-state index < -0.39 is 12.2 Å². The summed E-state index contributed by atoms with van der Waals surface area (Å²) >= 11 is 0. The molecule has 1 fully saturated rings. The number of carbonyl (C=O) groups is 1. The number of aliphatic hydroxyl groups excluding tert-OH is 1. The molecular weight excluding hydrogens is 306 g/mol. The van der Waals surface area contributed by atoms with Crippen molar-refractivity contribution in [3.63, 3.8) is 0 Å². The summed E-state index contributed by atoms with van der Waals surface area (Å²) < 4.78 is 5.79. The zero-order valence-electron chi connectivity index (χ0n) is 14.0. The van der Waals surface area contributed by atoms with Crippen LogP contribution in [0.1, 0.15) is 24.8 Å². The van der Waals surface area contributed by atoms with Gasteiger partial charge in [-0.1, -0.05) is 12.0 Å². The van der Waals surface area contributed by atoms with Crippen molar-refractivity contribution in [3.8, 4) is 12.3 Å². The van der Waals surface area contributed by atoms with Gasteiger partial charge in [0.1, 0.15) is 0 Å². The summed E-state index contributed by atoms with van der Waals surface area (Å²) in [5, 5.41) is 12.5. The molecule has 0 bridgehead atoms. The summed E-state index contributed by atoms with van der Waals surface area (Å²) in [4.78, 5) is 18.3. The quantitative estimate of drug-likeness (QED) is 0.714. The molecule has 0 aliphatic carbocycles. The second kappa shape index (κ2) is 9.38. The Morgan fingerprint density at radius 2 is 2.42 bits per heavy atom. The van der Waals surface area contributed by atoms with Crippen LogP contribution in [0.2, 0.25) is 0 Å². The van der Waals surface area contributed by atoms with Gasteiger partial charge in [0.05, 0.1) is 18.8 Å². The maximum absolute atomic E-state index is 12.0. The Bertz CT molecular complexity index is 558.